The fourth-order valence-corrected chi connectivity index (χ4v) is 2.63. The van der Waals surface area contributed by atoms with Gasteiger partial charge in [-0.05, 0) is 37.1 Å². The molecule has 1 aromatic rings. The summed E-state index contributed by atoms with van der Waals surface area (Å²) < 4.78 is 51.9. The monoisotopic (exact) mass is 305 g/mol. The number of rotatable bonds is 3. The summed E-state index contributed by atoms with van der Waals surface area (Å²) in [5.74, 6) is -2.00. The number of halogens is 4. The Kier molecular flexibility index (Phi) is 4.51. The van der Waals surface area contributed by atoms with Gasteiger partial charge in [0.05, 0.1) is 5.56 Å². The van der Waals surface area contributed by atoms with E-state index in [-0.39, 0.29) is 12.1 Å². The zero-order valence-corrected chi connectivity index (χ0v) is 11.2. The van der Waals surface area contributed by atoms with Crippen molar-refractivity contribution >= 4 is 5.97 Å². The zero-order chi connectivity index (χ0) is 15.6. The zero-order valence-electron chi connectivity index (χ0n) is 11.2. The molecular weight excluding hydrogens is 290 g/mol. The molecule has 3 nitrogen and oxygen atoms in total. The summed E-state index contributed by atoms with van der Waals surface area (Å²) in [6.45, 7) is 0.276. The number of nitrogens with zero attached hydrogens (tertiary/aromatic N) is 1. The van der Waals surface area contributed by atoms with Crippen molar-refractivity contribution in [3.63, 3.8) is 0 Å². The van der Waals surface area contributed by atoms with Crippen LogP contribution in [0.1, 0.15) is 30.4 Å². The topological polar surface area (TPSA) is 40.5 Å². The van der Waals surface area contributed by atoms with Gasteiger partial charge in [-0.3, -0.25) is 9.69 Å². The van der Waals surface area contributed by atoms with Crippen LogP contribution >= 0.6 is 0 Å². The van der Waals surface area contributed by atoms with Gasteiger partial charge in [0.15, 0.2) is 0 Å². The second-order valence-electron chi connectivity index (χ2n) is 5.12. The SMILES string of the molecule is O=C(O)C1CCCCN1Cc1ccc(F)cc1C(F)(F)F. The normalized spacial score (nSPS) is 20.5. The lowest BCUT2D eigenvalue weighted by molar-refractivity contribution is -0.145. The van der Waals surface area contributed by atoms with Gasteiger partial charge in [-0.25, -0.2) is 4.39 Å². The third kappa shape index (κ3) is 3.72. The minimum Gasteiger partial charge on any atom is -0.480 e. The van der Waals surface area contributed by atoms with E-state index in [1.165, 1.54) is 4.90 Å². The summed E-state index contributed by atoms with van der Waals surface area (Å²) in [7, 11) is 0. The molecule has 2 rings (SSSR count). The Morgan fingerprint density at radius 1 is 1.33 bits per heavy atom. The standard InChI is InChI=1S/C14H15F4NO2/c15-10-5-4-9(11(7-10)14(16,17)18)8-19-6-2-1-3-12(19)13(20)21/h4-5,7,12H,1-3,6,8H2,(H,20,21). The number of carboxylic acid groups (broad SMARTS) is 1. The van der Waals surface area contributed by atoms with E-state index in [1.807, 2.05) is 0 Å². The van der Waals surface area contributed by atoms with Crippen LogP contribution in [-0.4, -0.2) is 28.6 Å². The van der Waals surface area contributed by atoms with Crippen LogP contribution in [0.2, 0.25) is 0 Å². The lowest BCUT2D eigenvalue weighted by atomic mass is 9.99. The summed E-state index contributed by atoms with van der Waals surface area (Å²) in [5, 5.41) is 9.14. The maximum atomic E-state index is 13.1. The van der Waals surface area contributed by atoms with Crippen LogP contribution < -0.4 is 0 Å². The van der Waals surface area contributed by atoms with Crippen LogP contribution in [0, 0.1) is 5.82 Å². The molecular formula is C14H15F4NO2. The van der Waals surface area contributed by atoms with Gasteiger partial charge in [-0.2, -0.15) is 13.2 Å². The van der Waals surface area contributed by atoms with Crippen LogP contribution in [0.5, 0.6) is 0 Å². The van der Waals surface area contributed by atoms with Crippen LogP contribution in [-0.2, 0) is 17.5 Å². The van der Waals surface area contributed by atoms with Crippen molar-refractivity contribution in [2.45, 2.75) is 38.0 Å². The summed E-state index contributed by atoms with van der Waals surface area (Å²) in [6.07, 6.45) is -2.76. The number of hydrogen-bond donors (Lipinski definition) is 1. The van der Waals surface area contributed by atoms with E-state index in [1.54, 1.807) is 0 Å². The first-order valence-corrected chi connectivity index (χ1v) is 6.61. The molecule has 0 aliphatic carbocycles. The first-order chi connectivity index (χ1) is 9.79. The first-order valence-electron chi connectivity index (χ1n) is 6.61. The van der Waals surface area contributed by atoms with Crippen molar-refractivity contribution in [1.82, 2.24) is 4.90 Å². The Bertz CT molecular complexity index is 530. The number of hydrogen-bond acceptors (Lipinski definition) is 2. The number of carbonyl (C=O) groups is 1. The maximum Gasteiger partial charge on any atom is 0.416 e. The predicted molar refractivity (Wildman–Crippen MR) is 67.1 cm³/mol. The van der Waals surface area contributed by atoms with Crippen LogP contribution in [0.3, 0.4) is 0 Å². The van der Waals surface area contributed by atoms with Crippen LogP contribution in [0.15, 0.2) is 18.2 Å². The molecule has 1 heterocycles. The largest absolute Gasteiger partial charge is 0.480 e. The molecule has 7 heteroatoms. The van der Waals surface area contributed by atoms with E-state index in [0.29, 0.717) is 19.0 Å². The number of aliphatic carboxylic acids is 1. The first kappa shape index (κ1) is 15.8. The molecule has 21 heavy (non-hydrogen) atoms. The van der Waals surface area contributed by atoms with E-state index >= 15 is 0 Å². The molecule has 1 fully saturated rings. The van der Waals surface area contributed by atoms with E-state index < -0.39 is 29.6 Å². The number of carboxylic acids is 1. The molecule has 1 atom stereocenters. The lowest BCUT2D eigenvalue weighted by Crippen LogP contribution is -2.44. The quantitative estimate of drug-likeness (QED) is 0.871. The van der Waals surface area contributed by atoms with Crippen molar-refractivity contribution in [2.75, 3.05) is 6.54 Å². The van der Waals surface area contributed by atoms with E-state index in [2.05, 4.69) is 0 Å². The predicted octanol–water partition coefficient (Wildman–Crippen LogP) is 3.28. The Hall–Kier alpha value is -1.63. The van der Waals surface area contributed by atoms with Gasteiger partial charge in [-0.1, -0.05) is 12.5 Å². The minimum atomic E-state index is -4.66. The number of likely N-dealkylation sites (tertiary alicyclic amines) is 1. The summed E-state index contributed by atoms with van der Waals surface area (Å²) in [6, 6.07) is 1.70. The molecule has 1 unspecified atom stereocenters. The summed E-state index contributed by atoms with van der Waals surface area (Å²) >= 11 is 0. The van der Waals surface area contributed by atoms with Crippen molar-refractivity contribution < 1.29 is 27.5 Å². The van der Waals surface area contributed by atoms with Crippen molar-refractivity contribution in [2.24, 2.45) is 0 Å². The fraction of sp³-hybridized carbons (Fsp3) is 0.500. The summed E-state index contributed by atoms with van der Waals surface area (Å²) in [4.78, 5) is 12.7. The van der Waals surface area contributed by atoms with Gasteiger partial charge in [0.1, 0.15) is 11.9 Å². The highest BCUT2D eigenvalue weighted by atomic mass is 19.4. The van der Waals surface area contributed by atoms with E-state index in [9.17, 15) is 22.4 Å². The third-order valence-electron chi connectivity index (χ3n) is 3.65. The third-order valence-corrected chi connectivity index (χ3v) is 3.65. The Morgan fingerprint density at radius 2 is 2.05 bits per heavy atom. The maximum absolute atomic E-state index is 13.1. The molecule has 116 valence electrons. The molecule has 0 radical (unpaired) electrons. The molecule has 1 aliphatic rings. The Morgan fingerprint density at radius 3 is 2.67 bits per heavy atom. The number of piperidine rings is 1. The molecule has 0 saturated carbocycles. The molecule has 0 spiro atoms. The Balaban J connectivity index is 2.28. The van der Waals surface area contributed by atoms with Crippen molar-refractivity contribution in [1.29, 1.82) is 0 Å². The van der Waals surface area contributed by atoms with Gasteiger partial charge < -0.3 is 5.11 Å². The molecule has 1 aromatic carbocycles. The van der Waals surface area contributed by atoms with E-state index in [0.717, 1.165) is 25.0 Å². The van der Waals surface area contributed by atoms with Crippen LogP contribution in [0.25, 0.3) is 0 Å². The van der Waals surface area contributed by atoms with Gasteiger partial charge in [0, 0.05) is 6.54 Å². The highest BCUT2D eigenvalue weighted by Crippen LogP contribution is 2.34. The van der Waals surface area contributed by atoms with Crippen molar-refractivity contribution in [3.8, 4) is 0 Å². The minimum absolute atomic E-state index is 0.1000. The van der Waals surface area contributed by atoms with Gasteiger partial charge in [-0.15, -0.1) is 0 Å². The van der Waals surface area contributed by atoms with Gasteiger partial charge in [0.2, 0.25) is 0 Å². The molecule has 1 aliphatic heterocycles. The summed E-state index contributed by atoms with van der Waals surface area (Å²) in [5.41, 5.74) is -1.14. The van der Waals surface area contributed by atoms with Gasteiger partial charge in [0.25, 0.3) is 0 Å². The van der Waals surface area contributed by atoms with Crippen molar-refractivity contribution in [3.05, 3.63) is 35.1 Å². The number of benzene rings is 1. The average molecular weight is 305 g/mol. The molecule has 1 N–H and O–H groups in total. The highest BCUT2D eigenvalue weighted by Gasteiger charge is 2.35. The van der Waals surface area contributed by atoms with E-state index in [4.69, 9.17) is 5.11 Å². The fourth-order valence-electron chi connectivity index (χ4n) is 2.63. The van der Waals surface area contributed by atoms with Gasteiger partial charge >= 0.3 is 12.1 Å². The van der Waals surface area contributed by atoms with Crippen LogP contribution in [0.4, 0.5) is 17.6 Å². The highest BCUT2D eigenvalue weighted by molar-refractivity contribution is 5.73. The smallest absolute Gasteiger partial charge is 0.416 e. The average Bonchev–Trinajstić information content (AvgIpc) is 2.40. The second-order valence-corrected chi connectivity index (χ2v) is 5.12. The molecule has 1 saturated heterocycles. The molecule has 0 amide bonds. The molecule has 0 bridgehead atoms. The number of alkyl halides is 3. The lowest BCUT2D eigenvalue weighted by Gasteiger charge is -2.33. The Labute approximate surface area is 119 Å². The second kappa shape index (κ2) is 6.01. The molecule has 0 aromatic heterocycles.